The zero-order valence-electron chi connectivity index (χ0n) is 11.9. The number of aryl methyl sites for hydroxylation is 1. The molecule has 0 aliphatic carbocycles. The van der Waals surface area contributed by atoms with E-state index in [0.717, 1.165) is 22.8 Å². The van der Waals surface area contributed by atoms with Crippen LogP contribution in [-0.2, 0) is 16.8 Å². The summed E-state index contributed by atoms with van der Waals surface area (Å²) in [6.07, 6.45) is 1.47. The molecule has 0 aliphatic rings. The first kappa shape index (κ1) is 15.6. The van der Waals surface area contributed by atoms with Crippen molar-refractivity contribution in [2.45, 2.75) is 13.5 Å². The molecule has 0 fully saturated rings. The summed E-state index contributed by atoms with van der Waals surface area (Å²) in [4.78, 5) is 16.6. The Morgan fingerprint density at radius 3 is 2.65 bits per heavy atom. The molecule has 0 amide bonds. The summed E-state index contributed by atoms with van der Waals surface area (Å²) in [5.41, 5.74) is 2.20. The van der Waals surface area contributed by atoms with Crippen LogP contribution in [0.1, 0.15) is 11.3 Å². The van der Waals surface area contributed by atoms with Gasteiger partial charge in [0, 0.05) is 0 Å². The molecule has 3 aromatic rings. The molecule has 0 bridgehead atoms. The van der Waals surface area contributed by atoms with Crippen LogP contribution in [-0.4, -0.2) is 26.9 Å². The summed E-state index contributed by atoms with van der Waals surface area (Å²) in [5, 5.41) is 0. The van der Waals surface area contributed by atoms with Gasteiger partial charge in [-0.2, -0.15) is 12.8 Å². The monoisotopic (exact) mass is 352 g/mol. The normalized spacial score (nSPS) is 11.7. The Labute approximate surface area is 135 Å². The quantitative estimate of drug-likeness (QED) is 0.687. The Balaban J connectivity index is 1.87. The van der Waals surface area contributed by atoms with Crippen molar-refractivity contribution in [1.82, 2.24) is 13.9 Å². The Morgan fingerprint density at radius 2 is 2.00 bits per heavy atom. The molecular formula is C13H12N4O4S2. The Kier molecular flexibility index (Phi) is 3.88. The first-order chi connectivity index (χ1) is 10.8. The zero-order chi connectivity index (χ0) is 16.6. The van der Waals surface area contributed by atoms with Gasteiger partial charge in [-0.15, -0.1) is 0 Å². The summed E-state index contributed by atoms with van der Waals surface area (Å²) in [5.74, 6) is 0. The van der Waals surface area contributed by atoms with E-state index < -0.39 is 10.3 Å². The van der Waals surface area contributed by atoms with Gasteiger partial charge in [-0.25, -0.2) is 4.98 Å². The third-order valence-corrected chi connectivity index (χ3v) is 4.58. The molecule has 10 heteroatoms. The summed E-state index contributed by atoms with van der Waals surface area (Å²) >= 11 is 1.12. The molecule has 0 aliphatic heterocycles. The van der Waals surface area contributed by atoms with Gasteiger partial charge >= 0.3 is 10.3 Å². The van der Waals surface area contributed by atoms with E-state index in [2.05, 4.69) is 9.36 Å². The minimum atomic E-state index is -4.30. The van der Waals surface area contributed by atoms with E-state index in [0.29, 0.717) is 16.8 Å². The van der Waals surface area contributed by atoms with Gasteiger partial charge in [-0.05, 0) is 36.2 Å². The first-order valence-corrected chi connectivity index (χ1v) is 8.70. The number of hydrogen-bond donors (Lipinski definition) is 2. The van der Waals surface area contributed by atoms with Crippen molar-refractivity contribution < 1.29 is 13.0 Å². The first-order valence-electron chi connectivity index (χ1n) is 6.49. The zero-order valence-corrected chi connectivity index (χ0v) is 13.6. The molecule has 0 saturated heterocycles. The van der Waals surface area contributed by atoms with Crippen LogP contribution >= 0.6 is 11.5 Å². The van der Waals surface area contributed by atoms with E-state index in [1.807, 2.05) is 4.72 Å². The van der Waals surface area contributed by atoms with E-state index in [1.165, 1.54) is 23.0 Å². The lowest BCUT2D eigenvalue weighted by Crippen LogP contribution is -2.20. The van der Waals surface area contributed by atoms with E-state index in [1.54, 1.807) is 19.1 Å². The number of nitrogens with one attached hydrogen (secondary N) is 1. The average Bonchev–Trinajstić information content (AvgIpc) is 2.85. The van der Waals surface area contributed by atoms with E-state index in [9.17, 15) is 13.2 Å². The van der Waals surface area contributed by atoms with Crippen LogP contribution in [0.3, 0.4) is 0 Å². The van der Waals surface area contributed by atoms with E-state index in [4.69, 9.17) is 4.55 Å². The SMILES string of the molecule is Cc1nsc2c(=O)n(Cc3ccc(NS(=O)(=O)O)cc3)cnc12. The smallest absolute Gasteiger partial charge is 0.293 e. The standard InChI is InChI=1S/C13H12N4O4S2/c1-8-11-12(22-15-8)13(18)17(7-14-11)6-9-2-4-10(5-3-9)16-23(19,20)21/h2-5,7,16H,6H2,1H3,(H,19,20,21). The Morgan fingerprint density at radius 1 is 1.30 bits per heavy atom. The molecule has 23 heavy (non-hydrogen) atoms. The molecular weight excluding hydrogens is 340 g/mol. The van der Waals surface area contributed by atoms with Gasteiger partial charge < -0.3 is 0 Å². The van der Waals surface area contributed by atoms with Crippen molar-refractivity contribution in [2.75, 3.05) is 4.72 Å². The van der Waals surface area contributed by atoms with Gasteiger partial charge in [0.2, 0.25) is 0 Å². The predicted octanol–water partition coefficient (Wildman–Crippen LogP) is 1.42. The fraction of sp³-hybridized carbons (Fsp3) is 0.154. The van der Waals surface area contributed by atoms with Crippen molar-refractivity contribution in [2.24, 2.45) is 0 Å². The Hall–Kier alpha value is -2.30. The molecule has 2 aromatic heterocycles. The number of rotatable bonds is 4. The van der Waals surface area contributed by atoms with Gasteiger partial charge in [0.05, 0.1) is 24.3 Å². The second-order valence-corrected chi connectivity index (χ2v) is 6.83. The van der Waals surface area contributed by atoms with Gasteiger partial charge in [-0.1, -0.05) is 12.1 Å². The lowest BCUT2D eigenvalue weighted by Gasteiger charge is -2.07. The fourth-order valence-electron chi connectivity index (χ4n) is 2.10. The maximum absolute atomic E-state index is 12.4. The molecule has 2 heterocycles. The number of nitrogens with zero attached hydrogens (tertiary/aromatic N) is 3. The summed E-state index contributed by atoms with van der Waals surface area (Å²) in [7, 11) is -4.30. The van der Waals surface area contributed by atoms with E-state index in [-0.39, 0.29) is 11.2 Å². The Bertz CT molecular complexity index is 1020. The molecule has 0 unspecified atom stereocenters. The number of fused-ring (bicyclic) bond motifs is 1. The van der Waals surface area contributed by atoms with Crippen LogP contribution < -0.4 is 10.3 Å². The summed E-state index contributed by atoms with van der Waals surface area (Å²) < 4.78 is 38.2. The van der Waals surface area contributed by atoms with Crippen molar-refractivity contribution in [3.05, 3.63) is 52.2 Å². The molecule has 120 valence electrons. The molecule has 0 saturated carbocycles. The van der Waals surface area contributed by atoms with E-state index >= 15 is 0 Å². The molecule has 0 atom stereocenters. The third-order valence-electron chi connectivity index (χ3n) is 3.17. The van der Waals surface area contributed by atoms with Crippen LogP contribution in [0.4, 0.5) is 5.69 Å². The third kappa shape index (κ3) is 3.38. The van der Waals surface area contributed by atoms with Crippen molar-refractivity contribution in [3.63, 3.8) is 0 Å². The van der Waals surface area contributed by atoms with Crippen LogP contribution in [0.5, 0.6) is 0 Å². The molecule has 1 aromatic carbocycles. The van der Waals surface area contributed by atoms with Gasteiger partial charge in [0.15, 0.2) is 0 Å². The van der Waals surface area contributed by atoms with Gasteiger partial charge in [0.1, 0.15) is 10.2 Å². The highest BCUT2D eigenvalue weighted by atomic mass is 32.2. The van der Waals surface area contributed by atoms with Crippen LogP contribution in [0, 0.1) is 6.92 Å². The minimum absolute atomic E-state index is 0.166. The minimum Gasteiger partial charge on any atom is -0.293 e. The maximum atomic E-state index is 12.4. The fourth-order valence-corrected chi connectivity index (χ4v) is 3.33. The predicted molar refractivity (Wildman–Crippen MR) is 87.1 cm³/mol. The molecule has 3 rings (SSSR count). The topological polar surface area (TPSA) is 114 Å². The molecule has 0 radical (unpaired) electrons. The summed E-state index contributed by atoms with van der Waals surface area (Å²) in [6, 6.07) is 6.30. The van der Waals surface area contributed by atoms with Crippen molar-refractivity contribution >= 4 is 37.7 Å². The second-order valence-electron chi connectivity index (χ2n) is 4.90. The average molecular weight is 352 g/mol. The number of aromatic nitrogens is 3. The van der Waals surface area contributed by atoms with Crippen LogP contribution in [0.2, 0.25) is 0 Å². The molecule has 8 nitrogen and oxygen atoms in total. The molecule has 0 spiro atoms. The lowest BCUT2D eigenvalue weighted by atomic mass is 10.2. The van der Waals surface area contributed by atoms with Crippen LogP contribution in [0.25, 0.3) is 10.2 Å². The highest BCUT2D eigenvalue weighted by Crippen LogP contribution is 2.16. The van der Waals surface area contributed by atoms with Crippen molar-refractivity contribution in [3.8, 4) is 0 Å². The highest BCUT2D eigenvalue weighted by Gasteiger charge is 2.10. The van der Waals surface area contributed by atoms with Gasteiger partial charge in [-0.3, -0.25) is 18.6 Å². The van der Waals surface area contributed by atoms with Crippen LogP contribution in [0.15, 0.2) is 35.4 Å². The largest absolute Gasteiger partial charge is 0.357 e. The summed E-state index contributed by atoms with van der Waals surface area (Å²) in [6.45, 7) is 2.10. The number of benzene rings is 1. The van der Waals surface area contributed by atoms with Crippen molar-refractivity contribution in [1.29, 1.82) is 0 Å². The second kappa shape index (κ2) is 5.72. The molecule has 2 N–H and O–H groups in total. The number of anilines is 1. The number of hydrogen-bond acceptors (Lipinski definition) is 6. The maximum Gasteiger partial charge on any atom is 0.357 e. The van der Waals surface area contributed by atoms with Gasteiger partial charge in [0.25, 0.3) is 5.56 Å². The highest BCUT2D eigenvalue weighted by molar-refractivity contribution is 7.87. The lowest BCUT2D eigenvalue weighted by molar-refractivity contribution is 0.489.